The van der Waals surface area contributed by atoms with Crippen LogP contribution in [0.25, 0.3) is 0 Å². The molecule has 0 bridgehead atoms. The van der Waals surface area contributed by atoms with E-state index < -0.39 is 5.91 Å². The summed E-state index contributed by atoms with van der Waals surface area (Å²) in [4.78, 5) is 24.8. The monoisotopic (exact) mass is 458 g/mol. The van der Waals surface area contributed by atoms with Crippen LogP contribution < -0.4 is 25.3 Å². The molecule has 0 aromatic heterocycles. The Morgan fingerprint density at radius 3 is 2.56 bits per heavy atom. The molecule has 5 rings (SSSR count). The topological polar surface area (TPSA) is 99.9 Å². The summed E-state index contributed by atoms with van der Waals surface area (Å²) >= 11 is 0. The molecule has 3 aromatic carbocycles. The van der Waals surface area contributed by atoms with Gasteiger partial charge in [0.1, 0.15) is 25.6 Å². The number of carbonyl (C=O) groups excluding carboxylic acids is 2. The van der Waals surface area contributed by atoms with Gasteiger partial charge in [-0.2, -0.15) is 0 Å². The molecule has 1 saturated carbocycles. The van der Waals surface area contributed by atoms with Crippen molar-refractivity contribution in [2.45, 2.75) is 25.5 Å². The van der Waals surface area contributed by atoms with E-state index in [0.717, 1.165) is 35.5 Å². The fourth-order valence-corrected chi connectivity index (χ4v) is 4.14. The molecule has 7 heteroatoms. The third kappa shape index (κ3) is 4.83. The van der Waals surface area contributed by atoms with Gasteiger partial charge in [0.25, 0.3) is 11.8 Å². The van der Waals surface area contributed by atoms with Crippen LogP contribution in [0, 0.1) is 5.92 Å². The summed E-state index contributed by atoms with van der Waals surface area (Å²) in [6.07, 6.45) is 2.15. The quantitative estimate of drug-likeness (QED) is 0.531. The summed E-state index contributed by atoms with van der Waals surface area (Å²) < 4.78 is 17.2. The van der Waals surface area contributed by atoms with Gasteiger partial charge in [0.05, 0.1) is 11.6 Å². The molecule has 0 radical (unpaired) electrons. The molecule has 2 aliphatic rings. The molecule has 1 heterocycles. The van der Waals surface area contributed by atoms with E-state index >= 15 is 0 Å². The van der Waals surface area contributed by atoms with Crippen molar-refractivity contribution in [3.8, 4) is 17.2 Å². The molecule has 7 nitrogen and oxygen atoms in total. The van der Waals surface area contributed by atoms with Gasteiger partial charge >= 0.3 is 0 Å². The van der Waals surface area contributed by atoms with Crippen LogP contribution in [0.4, 0.5) is 0 Å². The Morgan fingerprint density at radius 1 is 0.971 bits per heavy atom. The predicted molar refractivity (Wildman–Crippen MR) is 126 cm³/mol. The maximum absolute atomic E-state index is 13.2. The lowest BCUT2D eigenvalue weighted by molar-refractivity contribution is 0.0930. The third-order valence-corrected chi connectivity index (χ3v) is 6.04. The Bertz CT molecular complexity index is 1220. The fraction of sp³-hybridized carbons (Fsp3) is 0.259. The highest BCUT2D eigenvalue weighted by Crippen LogP contribution is 2.43. The highest BCUT2D eigenvalue weighted by molar-refractivity contribution is 5.95. The number of ether oxygens (including phenoxy) is 3. The lowest BCUT2D eigenvalue weighted by Crippen LogP contribution is -2.30. The lowest BCUT2D eigenvalue weighted by atomic mass is 10.0. The molecule has 34 heavy (non-hydrogen) atoms. The standard InChI is InChI=1S/C27H26N2O5/c28-26(30)21-6-1-2-7-22(21)34-16-17-4-3-5-20(14-17)27(31)29-25(18-8-9-18)19-10-11-23-24(15-19)33-13-12-32-23/h1-7,10-11,14-15,18,25H,8-9,12-13,16H2,(H2,28,30)(H,29,31). The third-order valence-electron chi connectivity index (χ3n) is 6.04. The highest BCUT2D eigenvalue weighted by Gasteiger charge is 2.34. The molecule has 0 saturated heterocycles. The summed E-state index contributed by atoms with van der Waals surface area (Å²) in [5.41, 5.74) is 8.12. The number of rotatable bonds is 8. The number of carbonyl (C=O) groups is 2. The molecule has 1 unspecified atom stereocenters. The molecular weight excluding hydrogens is 432 g/mol. The average molecular weight is 459 g/mol. The van der Waals surface area contributed by atoms with E-state index in [9.17, 15) is 9.59 Å². The van der Waals surface area contributed by atoms with Crippen LogP contribution in [-0.4, -0.2) is 25.0 Å². The molecule has 3 N–H and O–H groups in total. The van der Waals surface area contributed by atoms with E-state index in [1.165, 1.54) is 0 Å². The molecule has 3 aromatic rings. The highest BCUT2D eigenvalue weighted by atomic mass is 16.6. The Morgan fingerprint density at radius 2 is 1.76 bits per heavy atom. The number of para-hydroxylation sites is 1. The largest absolute Gasteiger partial charge is 0.488 e. The second-order valence-electron chi connectivity index (χ2n) is 8.54. The number of nitrogens with two attached hydrogens (primary N) is 1. The lowest BCUT2D eigenvalue weighted by Gasteiger charge is -2.23. The Labute approximate surface area is 197 Å². The molecule has 1 fully saturated rings. The van der Waals surface area contributed by atoms with Gasteiger partial charge in [-0.1, -0.05) is 30.3 Å². The number of amides is 2. The number of fused-ring (bicyclic) bond motifs is 1. The smallest absolute Gasteiger partial charge is 0.252 e. The van der Waals surface area contributed by atoms with Crippen molar-refractivity contribution in [3.63, 3.8) is 0 Å². The second-order valence-corrected chi connectivity index (χ2v) is 8.54. The molecule has 1 aliphatic heterocycles. The predicted octanol–water partition coefficient (Wildman–Crippen LogP) is 4.02. The second kappa shape index (κ2) is 9.47. The summed E-state index contributed by atoms with van der Waals surface area (Å²) in [5.74, 6) is 1.58. The van der Waals surface area contributed by atoms with Gasteiger partial charge in [-0.25, -0.2) is 0 Å². The van der Waals surface area contributed by atoms with Crippen LogP contribution >= 0.6 is 0 Å². The van der Waals surface area contributed by atoms with Gasteiger partial charge in [-0.05, 0) is 66.3 Å². The van der Waals surface area contributed by atoms with Gasteiger partial charge in [0.15, 0.2) is 11.5 Å². The zero-order valence-corrected chi connectivity index (χ0v) is 18.7. The van der Waals surface area contributed by atoms with E-state index in [1.807, 2.05) is 30.3 Å². The van der Waals surface area contributed by atoms with Crippen molar-refractivity contribution in [2.75, 3.05) is 13.2 Å². The van der Waals surface area contributed by atoms with Gasteiger partial charge in [-0.3, -0.25) is 9.59 Å². The van der Waals surface area contributed by atoms with Crippen molar-refractivity contribution in [1.82, 2.24) is 5.32 Å². The van der Waals surface area contributed by atoms with Crippen LogP contribution in [0.2, 0.25) is 0 Å². The van der Waals surface area contributed by atoms with Crippen molar-refractivity contribution < 1.29 is 23.8 Å². The Hall–Kier alpha value is -4.00. The van der Waals surface area contributed by atoms with Crippen molar-refractivity contribution >= 4 is 11.8 Å². The number of hydrogen-bond acceptors (Lipinski definition) is 5. The minimum Gasteiger partial charge on any atom is -0.488 e. The zero-order chi connectivity index (χ0) is 23.5. The SMILES string of the molecule is NC(=O)c1ccccc1OCc1cccc(C(=O)NC(c2ccc3c(c2)OCCO3)C2CC2)c1. The summed E-state index contributed by atoms with van der Waals surface area (Å²) in [6, 6.07) is 19.9. The maximum atomic E-state index is 13.2. The fourth-order valence-electron chi connectivity index (χ4n) is 4.14. The summed E-state index contributed by atoms with van der Waals surface area (Å²) in [5, 5.41) is 3.21. The zero-order valence-electron chi connectivity index (χ0n) is 18.7. The first-order chi connectivity index (χ1) is 16.6. The molecular formula is C27H26N2O5. The van der Waals surface area contributed by atoms with Crippen LogP contribution in [-0.2, 0) is 6.61 Å². The minimum absolute atomic E-state index is 0.0920. The molecule has 1 atom stereocenters. The number of primary amides is 1. The normalized spacial score (nSPS) is 15.3. The first-order valence-electron chi connectivity index (χ1n) is 11.4. The van der Waals surface area contributed by atoms with Gasteiger partial charge < -0.3 is 25.3 Å². The van der Waals surface area contributed by atoms with E-state index in [4.69, 9.17) is 19.9 Å². The Kier molecular flexibility index (Phi) is 6.08. The van der Waals surface area contributed by atoms with E-state index in [1.54, 1.807) is 36.4 Å². The first-order valence-corrected chi connectivity index (χ1v) is 11.4. The average Bonchev–Trinajstić information content (AvgIpc) is 3.71. The van der Waals surface area contributed by atoms with Crippen LogP contribution in [0.1, 0.15) is 50.7 Å². The van der Waals surface area contributed by atoms with Crippen molar-refractivity contribution in [3.05, 3.63) is 89.0 Å². The molecule has 1 aliphatic carbocycles. The van der Waals surface area contributed by atoms with Crippen LogP contribution in [0.5, 0.6) is 17.2 Å². The molecule has 0 spiro atoms. The molecule has 2 amide bonds. The molecule has 174 valence electrons. The van der Waals surface area contributed by atoms with Crippen LogP contribution in [0.3, 0.4) is 0 Å². The van der Waals surface area contributed by atoms with Gasteiger partial charge in [-0.15, -0.1) is 0 Å². The van der Waals surface area contributed by atoms with E-state index in [-0.39, 0.29) is 18.6 Å². The first kappa shape index (κ1) is 21.8. The number of benzene rings is 3. The number of nitrogens with one attached hydrogen (secondary N) is 1. The van der Waals surface area contributed by atoms with Crippen molar-refractivity contribution in [2.24, 2.45) is 11.7 Å². The van der Waals surface area contributed by atoms with Crippen molar-refractivity contribution in [1.29, 1.82) is 0 Å². The summed E-state index contributed by atoms with van der Waals surface area (Å²) in [7, 11) is 0. The van der Waals surface area contributed by atoms with Gasteiger partial charge in [0.2, 0.25) is 0 Å². The van der Waals surface area contributed by atoms with E-state index in [2.05, 4.69) is 5.32 Å². The minimum atomic E-state index is -0.547. The number of hydrogen-bond donors (Lipinski definition) is 2. The van der Waals surface area contributed by atoms with E-state index in [0.29, 0.717) is 36.0 Å². The summed E-state index contributed by atoms with van der Waals surface area (Å²) in [6.45, 7) is 1.28. The Balaban J connectivity index is 1.29. The maximum Gasteiger partial charge on any atom is 0.252 e. The van der Waals surface area contributed by atoms with Gasteiger partial charge in [0, 0.05) is 5.56 Å². The van der Waals surface area contributed by atoms with Crippen LogP contribution in [0.15, 0.2) is 66.7 Å².